The lowest BCUT2D eigenvalue weighted by molar-refractivity contribution is -0.134. The van der Waals surface area contributed by atoms with Crippen molar-refractivity contribution >= 4 is 11.9 Å². The number of aliphatic imine (C=N–C) groups is 1. The fourth-order valence-electron chi connectivity index (χ4n) is 3.29. The van der Waals surface area contributed by atoms with Crippen LogP contribution in [0.1, 0.15) is 45.4 Å². The zero-order valence-electron chi connectivity index (χ0n) is 15.8. The van der Waals surface area contributed by atoms with Crippen molar-refractivity contribution in [2.75, 3.05) is 46.5 Å². The number of likely N-dealkylation sites (tertiary alicyclic amines) is 1. The number of nitrogens with zero attached hydrogens (tertiary/aromatic N) is 2. The summed E-state index contributed by atoms with van der Waals surface area (Å²) in [5, 5.41) is 6.48. The number of piperidine rings is 1. The number of ether oxygens (including phenoxy) is 2. The Kier molecular flexibility index (Phi) is 9.04. The number of hydrogen-bond acceptors (Lipinski definition) is 4. The Hall–Kier alpha value is -1.34. The van der Waals surface area contributed by atoms with Crippen LogP contribution in [0.2, 0.25) is 0 Å². The molecule has 2 atom stereocenters. The normalized spacial score (nSPS) is 24.4. The van der Waals surface area contributed by atoms with Gasteiger partial charge in [0.1, 0.15) is 0 Å². The molecule has 144 valence electrons. The molecule has 2 rings (SSSR count). The second-order valence-electron chi connectivity index (χ2n) is 6.82. The van der Waals surface area contributed by atoms with Crippen LogP contribution in [0.3, 0.4) is 0 Å². The summed E-state index contributed by atoms with van der Waals surface area (Å²) in [6.45, 7) is 6.71. The van der Waals surface area contributed by atoms with Gasteiger partial charge in [-0.05, 0) is 39.0 Å². The molecular weight excluding hydrogens is 320 g/mol. The second-order valence-corrected chi connectivity index (χ2v) is 6.82. The lowest BCUT2D eigenvalue weighted by atomic mass is 10.0. The first-order valence-electron chi connectivity index (χ1n) is 9.64. The molecule has 25 heavy (non-hydrogen) atoms. The smallest absolute Gasteiger partial charge is 0.224 e. The molecule has 1 amide bonds. The summed E-state index contributed by atoms with van der Waals surface area (Å²) in [5.41, 5.74) is 0. The van der Waals surface area contributed by atoms with E-state index in [-0.39, 0.29) is 12.0 Å². The molecule has 0 aliphatic carbocycles. The number of hydrogen-bond donors (Lipinski definition) is 2. The molecule has 2 heterocycles. The molecule has 0 aromatic rings. The minimum Gasteiger partial charge on any atom is -0.379 e. The van der Waals surface area contributed by atoms with E-state index in [0.717, 1.165) is 64.6 Å². The monoisotopic (exact) mass is 354 g/mol. The molecule has 0 aromatic carbocycles. The quantitative estimate of drug-likeness (QED) is 0.388. The van der Waals surface area contributed by atoms with Crippen LogP contribution >= 0.6 is 0 Å². The summed E-state index contributed by atoms with van der Waals surface area (Å²) in [5.74, 6) is 0.978. The molecule has 0 aromatic heterocycles. The first kappa shape index (κ1) is 20.0. The van der Waals surface area contributed by atoms with Crippen molar-refractivity contribution in [2.45, 2.75) is 57.6 Å². The number of rotatable bonds is 8. The maximum absolute atomic E-state index is 12.3. The molecule has 2 unspecified atom stereocenters. The Bertz CT molecular complexity index is 425. The van der Waals surface area contributed by atoms with Gasteiger partial charge < -0.3 is 25.0 Å². The SMILES string of the molecule is CN=C(NCCCOC1CCOC1)NCCC(=O)N1CCCCC1C. The van der Waals surface area contributed by atoms with Gasteiger partial charge >= 0.3 is 0 Å². The van der Waals surface area contributed by atoms with Crippen LogP contribution in [0.15, 0.2) is 4.99 Å². The van der Waals surface area contributed by atoms with Gasteiger partial charge in [-0.1, -0.05) is 0 Å². The highest BCUT2D eigenvalue weighted by molar-refractivity contribution is 5.81. The van der Waals surface area contributed by atoms with E-state index in [0.29, 0.717) is 19.0 Å². The van der Waals surface area contributed by atoms with E-state index >= 15 is 0 Å². The van der Waals surface area contributed by atoms with Gasteiger partial charge in [0.05, 0.1) is 12.7 Å². The van der Waals surface area contributed by atoms with Crippen LogP contribution in [0.4, 0.5) is 0 Å². The van der Waals surface area contributed by atoms with Gasteiger partial charge in [-0.3, -0.25) is 9.79 Å². The number of carbonyl (C=O) groups excluding carboxylic acids is 1. The molecule has 7 heteroatoms. The molecule has 7 nitrogen and oxygen atoms in total. The zero-order chi connectivity index (χ0) is 17.9. The molecule has 0 bridgehead atoms. The first-order valence-corrected chi connectivity index (χ1v) is 9.64. The molecule has 2 N–H and O–H groups in total. The number of nitrogens with one attached hydrogen (secondary N) is 2. The third kappa shape index (κ3) is 7.20. The summed E-state index contributed by atoms with van der Waals surface area (Å²) in [4.78, 5) is 18.5. The predicted octanol–water partition coefficient (Wildman–Crippen LogP) is 1.14. The van der Waals surface area contributed by atoms with E-state index in [1.54, 1.807) is 7.05 Å². The summed E-state index contributed by atoms with van der Waals surface area (Å²) < 4.78 is 11.0. The van der Waals surface area contributed by atoms with E-state index in [1.807, 2.05) is 4.90 Å². The van der Waals surface area contributed by atoms with Gasteiger partial charge in [0.2, 0.25) is 5.91 Å². The Balaban J connectivity index is 1.53. The van der Waals surface area contributed by atoms with Gasteiger partial charge in [-0.2, -0.15) is 0 Å². The molecule has 0 saturated carbocycles. The van der Waals surface area contributed by atoms with Crippen LogP contribution < -0.4 is 10.6 Å². The maximum atomic E-state index is 12.3. The lowest BCUT2D eigenvalue weighted by Gasteiger charge is -2.33. The molecule has 2 aliphatic rings. The summed E-state index contributed by atoms with van der Waals surface area (Å²) >= 11 is 0. The van der Waals surface area contributed by atoms with Crippen LogP contribution in [0.25, 0.3) is 0 Å². The van der Waals surface area contributed by atoms with E-state index in [9.17, 15) is 4.79 Å². The number of carbonyl (C=O) groups is 1. The number of guanidine groups is 1. The van der Waals surface area contributed by atoms with Gasteiger partial charge in [-0.25, -0.2) is 0 Å². The second kappa shape index (κ2) is 11.3. The summed E-state index contributed by atoms with van der Waals surface area (Å²) in [6.07, 6.45) is 6.18. The molecular formula is C18H34N4O3. The van der Waals surface area contributed by atoms with Crippen molar-refractivity contribution in [3.8, 4) is 0 Å². The molecule has 0 radical (unpaired) electrons. The fourth-order valence-corrected chi connectivity index (χ4v) is 3.29. The topological polar surface area (TPSA) is 75.2 Å². The van der Waals surface area contributed by atoms with Crippen molar-refractivity contribution in [2.24, 2.45) is 4.99 Å². The van der Waals surface area contributed by atoms with Crippen molar-refractivity contribution in [1.29, 1.82) is 0 Å². The highest BCUT2D eigenvalue weighted by Crippen LogP contribution is 2.16. The Morgan fingerprint density at radius 1 is 1.28 bits per heavy atom. The van der Waals surface area contributed by atoms with E-state index < -0.39 is 0 Å². The lowest BCUT2D eigenvalue weighted by Crippen LogP contribution is -2.44. The van der Waals surface area contributed by atoms with Gasteiger partial charge in [0.25, 0.3) is 0 Å². The molecule has 0 spiro atoms. The highest BCUT2D eigenvalue weighted by Gasteiger charge is 2.22. The first-order chi connectivity index (χ1) is 12.2. The van der Waals surface area contributed by atoms with E-state index in [4.69, 9.17) is 9.47 Å². The van der Waals surface area contributed by atoms with Crippen LogP contribution in [0, 0.1) is 0 Å². The molecule has 2 aliphatic heterocycles. The van der Waals surface area contributed by atoms with Crippen LogP contribution in [-0.2, 0) is 14.3 Å². The predicted molar refractivity (Wildman–Crippen MR) is 98.8 cm³/mol. The number of amides is 1. The van der Waals surface area contributed by atoms with Gasteiger partial charge in [0.15, 0.2) is 5.96 Å². The molecule has 2 fully saturated rings. The van der Waals surface area contributed by atoms with E-state index in [1.165, 1.54) is 6.42 Å². The van der Waals surface area contributed by atoms with Crippen molar-refractivity contribution in [3.05, 3.63) is 0 Å². The Morgan fingerprint density at radius 2 is 2.12 bits per heavy atom. The highest BCUT2D eigenvalue weighted by atomic mass is 16.5. The van der Waals surface area contributed by atoms with Crippen molar-refractivity contribution in [1.82, 2.24) is 15.5 Å². The summed E-state index contributed by atoms with van der Waals surface area (Å²) in [6, 6.07) is 0.379. The largest absolute Gasteiger partial charge is 0.379 e. The van der Waals surface area contributed by atoms with Crippen molar-refractivity contribution in [3.63, 3.8) is 0 Å². The minimum atomic E-state index is 0.238. The minimum absolute atomic E-state index is 0.238. The molecule has 2 saturated heterocycles. The van der Waals surface area contributed by atoms with Crippen LogP contribution in [-0.4, -0.2) is 75.4 Å². The van der Waals surface area contributed by atoms with Gasteiger partial charge in [-0.15, -0.1) is 0 Å². The fraction of sp³-hybridized carbons (Fsp3) is 0.889. The standard InChI is InChI=1S/C18H34N4O3/c1-15-6-3-4-11-22(15)17(23)7-10-21-18(19-2)20-9-5-12-25-16-8-13-24-14-16/h15-16H,3-14H2,1-2H3,(H2,19,20,21). The maximum Gasteiger partial charge on any atom is 0.224 e. The van der Waals surface area contributed by atoms with Crippen molar-refractivity contribution < 1.29 is 14.3 Å². The van der Waals surface area contributed by atoms with E-state index in [2.05, 4.69) is 22.5 Å². The zero-order valence-corrected chi connectivity index (χ0v) is 15.8. The Labute approximate surface area is 151 Å². The summed E-state index contributed by atoms with van der Waals surface area (Å²) in [7, 11) is 1.75. The third-order valence-electron chi connectivity index (χ3n) is 4.83. The van der Waals surface area contributed by atoms with Crippen LogP contribution in [0.5, 0.6) is 0 Å². The Morgan fingerprint density at radius 3 is 2.84 bits per heavy atom. The third-order valence-corrected chi connectivity index (χ3v) is 4.83. The van der Waals surface area contributed by atoms with Gasteiger partial charge in [0, 0.05) is 52.4 Å². The average Bonchev–Trinajstić information content (AvgIpc) is 3.13. The average molecular weight is 354 g/mol.